The highest BCUT2D eigenvalue weighted by Crippen LogP contribution is 2.69. The van der Waals surface area contributed by atoms with Crippen molar-refractivity contribution in [2.45, 2.75) is 118 Å². The summed E-state index contributed by atoms with van der Waals surface area (Å²) in [4.78, 5) is 11.0. The molecular formula is C27H48O2. The fourth-order valence-electron chi connectivity index (χ4n) is 9.10. The van der Waals surface area contributed by atoms with Gasteiger partial charge in [-0.05, 0) is 104 Å². The molecule has 0 radical (unpaired) electrons. The number of hydrogen-bond donors (Lipinski definition) is 1. The van der Waals surface area contributed by atoms with Crippen LogP contribution in [-0.2, 0) is 4.79 Å². The van der Waals surface area contributed by atoms with Gasteiger partial charge in [0.1, 0.15) is 0 Å². The summed E-state index contributed by atoms with van der Waals surface area (Å²) in [5, 5.41) is 9.03. The van der Waals surface area contributed by atoms with Crippen molar-refractivity contribution in [3.05, 3.63) is 0 Å². The second-order valence-corrected chi connectivity index (χ2v) is 11.2. The number of carboxylic acids is 1. The Morgan fingerprint density at radius 3 is 2.34 bits per heavy atom. The Bertz CT molecular complexity index is 557. The molecule has 0 aromatic heterocycles. The molecule has 0 bridgehead atoms. The standard InChI is InChI=1S/C25H42O2.C2H6/c1-4-17-16-19-21-12-11-18(8-7-10-23(26)27)24(21,2)15-13-22(19)25(3)14-6-5-9-20(17)25;1-2/h17-22H,4-16H2,1-3H3,(H,26,27);1-2H3/t17-,18?,19?,20?,21?,22?,24?,25?;/m0./s1. The minimum Gasteiger partial charge on any atom is -0.481 e. The number of carboxylic acid groups (broad SMARTS) is 1. The maximum Gasteiger partial charge on any atom is 0.303 e. The Labute approximate surface area is 180 Å². The van der Waals surface area contributed by atoms with E-state index in [-0.39, 0.29) is 0 Å². The zero-order valence-corrected chi connectivity index (χ0v) is 20.0. The first kappa shape index (κ1) is 23.1. The molecule has 8 atom stereocenters. The molecule has 4 saturated carbocycles. The minimum atomic E-state index is -0.618. The van der Waals surface area contributed by atoms with Crippen molar-refractivity contribution in [1.82, 2.24) is 0 Å². The lowest BCUT2D eigenvalue weighted by molar-refractivity contribution is -0.138. The molecule has 4 fully saturated rings. The van der Waals surface area contributed by atoms with E-state index in [9.17, 15) is 4.79 Å². The third-order valence-electron chi connectivity index (χ3n) is 10.4. The van der Waals surface area contributed by atoms with E-state index >= 15 is 0 Å². The summed E-state index contributed by atoms with van der Waals surface area (Å²) < 4.78 is 0. The van der Waals surface area contributed by atoms with E-state index in [4.69, 9.17) is 5.11 Å². The molecule has 0 aromatic carbocycles. The van der Waals surface area contributed by atoms with Crippen molar-refractivity contribution in [1.29, 1.82) is 0 Å². The molecule has 0 spiro atoms. The predicted molar refractivity (Wildman–Crippen MR) is 122 cm³/mol. The van der Waals surface area contributed by atoms with Gasteiger partial charge in [0, 0.05) is 6.42 Å². The topological polar surface area (TPSA) is 37.3 Å². The molecule has 7 unspecified atom stereocenters. The molecule has 2 heteroatoms. The molecule has 2 nitrogen and oxygen atoms in total. The number of fused-ring (bicyclic) bond motifs is 5. The van der Waals surface area contributed by atoms with E-state index in [2.05, 4.69) is 20.8 Å². The minimum absolute atomic E-state index is 0.362. The summed E-state index contributed by atoms with van der Waals surface area (Å²) in [7, 11) is 0. The molecule has 0 saturated heterocycles. The summed E-state index contributed by atoms with van der Waals surface area (Å²) in [6.07, 6.45) is 16.9. The average molecular weight is 405 g/mol. The SMILES string of the molecule is CC.CC[C@H]1CC2C3CCC(CCCC(=O)O)C3(C)CCC2C2(C)CCCCC12. The fourth-order valence-corrected chi connectivity index (χ4v) is 9.10. The van der Waals surface area contributed by atoms with Crippen LogP contribution in [0, 0.1) is 46.3 Å². The van der Waals surface area contributed by atoms with E-state index in [0.29, 0.717) is 17.3 Å². The third-order valence-corrected chi connectivity index (χ3v) is 10.4. The van der Waals surface area contributed by atoms with Gasteiger partial charge in [-0.2, -0.15) is 0 Å². The first-order valence-corrected chi connectivity index (χ1v) is 13.1. The van der Waals surface area contributed by atoms with Crippen molar-refractivity contribution < 1.29 is 9.90 Å². The van der Waals surface area contributed by atoms with Crippen LogP contribution < -0.4 is 0 Å². The third kappa shape index (κ3) is 4.03. The van der Waals surface area contributed by atoms with E-state index in [1.54, 1.807) is 0 Å². The number of hydrogen-bond acceptors (Lipinski definition) is 1. The Hall–Kier alpha value is -0.530. The van der Waals surface area contributed by atoms with Crippen molar-refractivity contribution in [2.75, 3.05) is 0 Å². The predicted octanol–water partition coefficient (Wildman–Crippen LogP) is 7.95. The summed E-state index contributed by atoms with van der Waals surface area (Å²) in [6.45, 7) is 11.7. The molecule has 0 heterocycles. The largest absolute Gasteiger partial charge is 0.481 e. The normalized spacial score (nSPS) is 46.0. The van der Waals surface area contributed by atoms with Crippen LogP contribution in [0.25, 0.3) is 0 Å². The van der Waals surface area contributed by atoms with E-state index < -0.39 is 5.97 Å². The van der Waals surface area contributed by atoms with Crippen LogP contribution in [0.2, 0.25) is 0 Å². The van der Waals surface area contributed by atoms with Crippen molar-refractivity contribution >= 4 is 5.97 Å². The molecule has 1 N–H and O–H groups in total. The smallest absolute Gasteiger partial charge is 0.303 e. The second-order valence-electron chi connectivity index (χ2n) is 11.2. The highest BCUT2D eigenvalue weighted by Gasteiger charge is 2.60. The van der Waals surface area contributed by atoms with Crippen LogP contribution in [0.1, 0.15) is 118 Å². The monoisotopic (exact) mass is 404 g/mol. The number of rotatable bonds is 5. The van der Waals surface area contributed by atoms with E-state index in [0.717, 1.165) is 48.3 Å². The van der Waals surface area contributed by atoms with Crippen LogP contribution in [0.3, 0.4) is 0 Å². The lowest BCUT2D eigenvalue weighted by Crippen LogP contribution is -2.55. The van der Waals surface area contributed by atoms with Crippen molar-refractivity contribution in [3.8, 4) is 0 Å². The van der Waals surface area contributed by atoms with Gasteiger partial charge in [-0.3, -0.25) is 4.79 Å². The van der Waals surface area contributed by atoms with Crippen molar-refractivity contribution in [3.63, 3.8) is 0 Å². The zero-order valence-electron chi connectivity index (χ0n) is 20.0. The molecule has 0 aliphatic heterocycles. The maximum atomic E-state index is 11.0. The first-order chi connectivity index (χ1) is 13.9. The van der Waals surface area contributed by atoms with E-state index in [1.165, 1.54) is 64.2 Å². The molecule has 29 heavy (non-hydrogen) atoms. The number of aliphatic carboxylic acids is 1. The highest BCUT2D eigenvalue weighted by molar-refractivity contribution is 5.66. The lowest BCUT2D eigenvalue weighted by Gasteiger charge is -2.62. The van der Waals surface area contributed by atoms with Crippen LogP contribution in [0.5, 0.6) is 0 Å². The van der Waals surface area contributed by atoms with Gasteiger partial charge < -0.3 is 5.11 Å². The molecule has 0 aromatic rings. The maximum absolute atomic E-state index is 11.0. The molecule has 4 rings (SSSR count). The Morgan fingerprint density at radius 2 is 1.66 bits per heavy atom. The summed E-state index contributed by atoms with van der Waals surface area (Å²) in [5.41, 5.74) is 1.11. The summed E-state index contributed by atoms with van der Waals surface area (Å²) in [5.74, 6) is 4.96. The van der Waals surface area contributed by atoms with Crippen LogP contribution in [-0.4, -0.2) is 11.1 Å². The molecule has 4 aliphatic rings. The van der Waals surface area contributed by atoms with Gasteiger partial charge in [-0.25, -0.2) is 0 Å². The van der Waals surface area contributed by atoms with Gasteiger partial charge in [-0.1, -0.05) is 53.9 Å². The molecule has 0 amide bonds. The van der Waals surface area contributed by atoms with Gasteiger partial charge in [0.05, 0.1) is 0 Å². The number of carbonyl (C=O) groups is 1. The summed E-state index contributed by atoms with van der Waals surface area (Å²) >= 11 is 0. The van der Waals surface area contributed by atoms with Crippen LogP contribution in [0.4, 0.5) is 0 Å². The Balaban J connectivity index is 0.00000117. The van der Waals surface area contributed by atoms with Gasteiger partial charge >= 0.3 is 5.97 Å². The van der Waals surface area contributed by atoms with Gasteiger partial charge in [0.15, 0.2) is 0 Å². The molecule has 168 valence electrons. The average Bonchev–Trinajstić information content (AvgIpc) is 3.05. The van der Waals surface area contributed by atoms with Crippen LogP contribution >= 0.6 is 0 Å². The molecule has 4 aliphatic carbocycles. The Kier molecular flexibility index (Phi) is 7.43. The summed E-state index contributed by atoms with van der Waals surface area (Å²) in [6, 6.07) is 0. The first-order valence-electron chi connectivity index (χ1n) is 13.1. The van der Waals surface area contributed by atoms with E-state index in [1.807, 2.05) is 13.8 Å². The lowest BCUT2D eigenvalue weighted by atomic mass is 9.42. The zero-order chi connectivity index (χ0) is 21.2. The van der Waals surface area contributed by atoms with Crippen LogP contribution in [0.15, 0.2) is 0 Å². The van der Waals surface area contributed by atoms with Gasteiger partial charge in [0.2, 0.25) is 0 Å². The second kappa shape index (κ2) is 9.31. The molecular weight excluding hydrogens is 356 g/mol. The fraction of sp³-hybridized carbons (Fsp3) is 0.963. The van der Waals surface area contributed by atoms with Gasteiger partial charge in [0.25, 0.3) is 0 Å². The highest BCUT2D eigenvalue weighted by atomic mass is 16.4. The van der Waals surface area contributed by atoms with Crippen molar-refractivity contribution in [2.24, 2.45) is 46.3 Å². The Morgan fingerprint density at radius 1 is 0.931 bits per heavy atom. The quantitative estimate of drug-likeness (QED) is 0.504. The van der Waals surface area contributed by atoms with Gasteiger partial charge in [-0.15, -0.1) is 0 Å².